The summed E-state index contributed by atoms with van der Waals surface area (Å²) in [6.07, 6.45) is 34.8. The summed E-state index contributed by atoms with van der Waals surface area (Å²) in [7, 11) is 0. The maximum absolute atomic E-state index is 12.7. The summed E-state index contributed by atoms with van der Waals surface area (Å²) in [5.41, 5.74) is 0. The maximum atomic E-state index is 12.7. The molecule has 0 aromatic carbocycles. The molecule has 1 rings (SSSR count). The molecule has 0 aliphatic carbocycles. The van der Waals surface area contributed by atoms with E-state index in [-0.39, 0.29) is 26.1 Å². The maximum Gasteiger partial charge on any atom is 0.306 e. The van der Waals surface area contributed by atoms with E-state index in [9.17, 15) is 30.0 Å². The number of esters is 2. The SMILES string of the molecule is CC/C=C/C/C=C/C/C=C/C/C=C/CCCCC(=O)OC[C@@H](CO[C@H]1O[C@@H](CO)[C@@H](O)C(O)C1O)OC(=O)CCCCCCC/C=C/C/C=C/CCCC. The molecule has 0 saturated carbocycles. The first-order valence-corrected chi connectivity index (χ1v) is 20.5. The standard InChI is InChI=1S/C44H72O10/c1-3-5-7-9-11-13-15-17-19-21-22-24-26-28-30-32-39(46)51-35-37(36-52-44-43(50)42(49)41(48)38(34-45)54-44)53-40(47)33-31-29-27-25-23-20-18-16-14-12-10-8-6-4-2/h5,7,10-13,16-19,22,24,37-38,41-45,48-50H,3-4,6,8-9,14-15,20-21,23,25-36H2,1-2H3/b7-5+,12-10+,13-11+,18-16+,19-17+,24-22+/t37-,38-,41+,42?,43?,44-/m0/s1. The number of ether oxygens (including phenoxy) is 4. The number of hydrogen-bond acceptors (Lipinski definition) is 10. The second-order valence-electron chi connectivity index (χ2n) is 13.7. The number of carbonyl (C=O) groups excluding carboxylic acids is 2. The van der Waals surface area contributed by atoms with Crippen LogP contribution in [0.2, 0.25) is 0 Å². The van der Waals surface area contributed by atoms with Crippen molar-refractivity contribution in [2.45, 2.75) is 173 Å². The van der Waals surface area contributed by atoms with E-state index in [1.165, 1.54) is 12.8 Å². The van der Waals surface area contributed by atoms with Gasteiger partial charge in [0, 0.05) is 12.8 Å². The number of aliphatic hydroxyl groups is 4. The molecule has 10 heteroatoms. The minimum atomic E-state index is -1.61. The third-order valence-electron chi connectivity index (χ3n) is 8.83. The van der Waals surface area contributed by atoms with Crippen molar-refractivity contribution in [2.24, 2.45) is 0 Å². The average Bonchev–Trinajstić information content (AvgIpc) is 3.17. The Balaban J connectivity index is 2.42. The Morgan fingerprint density at radius 1 is 0.593 bits per heavy atom. The van der Waals surface area contributed by atoms with Crippen molar-refractivity contribution in [1.29, 1.82) is 0 Å². The van der Waals surface area contributed by atoms with E-state index in [1.54, 1.807) is 0 Å². The highest BCUT2D eigenvalue weighted by Crippen LogP contribution is 2.22. The van der Waals surface area contributed by atoms with Gasteiger partial charge in [-0.1, -0.05) is 119 Å². The molecule has 10 nitrogen and oxygen atoms in total. The lowest BCUT2D eigenvalue weighted by molar-refractivity contribution is -0.305. The number of carbonyl (C=O) groups is 2. The molecule has 1 aliphatic rings. The van der Waals surface area contributed by atoms with Crippen LogP contribution in [0.5, 0.6) is 0 Å². The lowest BCUT2D eigenvalue weighted by Crippen LogP contribution is -2.59. The van der Waals surface area contributed by atoms with E-state index in [0.29, 0.717) is 12.8 Å². The Kier molecular flexibility index (Phi) is 31.5. The highest BCUT2D eigenvalue weighted by atomic mass is 16.7. The van der Waals surface area contributed by atoms with Gasteiger partial charge in [-0.2, -0.15) is 0 Å². The minimum Gasteiger partial charge on any atom is -0.462 e. The van der Waals surface area contributed by atoms with Crippen LogP contribution < -0.4 is 0 Å². The third kappa shape index (κ3) is 26.0. The van der Waals surface area contributed by atoms with Gasteiger partial charge in [-0.05, 0) is 77.0 Å². The predicted molar refractivity (Wildman–Crippen MR) is 214 cm³/mol. The van der Waals surface area contributed by atoms with E-state index in [1.807, 2.05) is 0 Å². The average molecular weight is 761 g/mol. The van der Waals surface area contributed by atoms with Crippen LogP contribution in [0, 0.1) is 0 Å². The molecule has 1 fully saturated rings. The van der Waals surface area contributed by atoms with Crippen LogP contribution in [-0.4, -0.2) is 89.0 Å². The van der Waals surface area contributed by atoms with Crippen molar-refractivity contribution in [3.63, 3.8) is 0 Å². The first-order valence-electron chi connectivity index (χ1n) is 20.5. The van der Waals surface area contributed by atoms with E-state index in [2.05, 4.69) is 86.8 Å². The van der Waals surface area contributed by atoms with E-state index in [0.717, 1.165) is 83.5 Å². The summed E-state index contributed by atoms with van der Waals surface area (Å²) in [6, 6.07) is 0. The molecular formula is C44H72O10. The summed E-state index contributed by atoms with van der Waals surface area (Å²) in [6.45, 7) is 3.18. The van der Waals surface area contributed by atoms with Crippen LogP contribution >= 0.6 is 0 Å². The highest BCUT2D eigenvalue weighted by molar-refractivity contribution is 5.70. The van der Waals surface area contributed by atoms with Gasteiger partial charge in [-0.25, -0.2) is 0 Å². The fraction of sp³-hybridized carbons (Fsp3) is 0.682. The second-order valence-corrected chi connectivity index (χ2v) is 13.7. The normalized spacial score (nSPS) is 21.5. The Morgan fingerprint density at radius 2 is 1.09 bits per heavy atom. The Bertz CT molecular complexity index is 1110. The molecule has 0 radical (unpaired) electrons. The largest absolute Gasteiger partial charge is 0.462 e. The molecule has 0 aromatic heterocycles. The van der Waals surface area contributed by atoms with Crippen LogP contribution in [0.15, 0.2) is 72.9 Å². The Hall–Kier alpha value is -2.86. The quantitative estimate of drug-likeness (QED) is 0.0301. The zero-order valence-electron chi connectivity index (χ0n) is 33.2. The molecule has 1 saturated heterocycles. The molecule has 0 aromatic rings. The van der Waals surface area contributed by atoms with Crippen molar-refractivity contribution in [1.82, 2.24) is 0 Å². The van der Waals surface area contributed by atoms with Gasteiger partial charge >= 0.3 is 11.9 Å². The topological polar surface area (TPSA) is 152 Å². The molecule has 2 unspecified atom stereocenters. The monoisotopic (exact) mass is 761 g/mol. The lowest BCUT2D eigenvalue weighted by atomic mass is 9.99. The molecule has 54 heavy (non-hydrogen) atoms. The molecular weight excluding hydrogens is 688 g/mol. The van der Waals surface area contributed by atoms with Crippen molar-refractivity contribution in [3.05, 3.63) is 72.9 Å². The van der Waals surface area contributed by atoms with Crippen LogP contribution in [0.4, 0.5) is 0 Å². The number of aliphatic hydroxyl groups excluding tert-OH is 4. The molecule has 0 amide bonds. The zero-order chi connectivity index (χ0) is 39.5. The highest BCUT2D eigenvalue weighted by Gasteiger charge is 2.44. The van der Waals surface area contributed by atoms with Gasteiger partial charge in [0.25, 0.3) is 0 Å². The van der Waals surface area contributed by atoms with Gasteiger partial charge < -0.3 is 39.4 Å². The van der Waals surface area contributed by atoms with Crippen LogP contribution in [0.3, 0.4) is 0 Å². The lowest BCUT2D eigenvalue weighted by Gasteiger charge is -2.39. The van der Waals surface area contributed by atoms with Crippen LogP contribution in [-0.2, 0) is 28.5 Å². The van der Waals surface area contributed by atoms with E-state index in [4.69, 9.17) is 18.9 Å². The fourth-order valence-electron chi connectivity index (χ4n) is 5.55. The number of rotatable bonds is 32. The van der Waals surface area contributed by atoms with Gasteiger partial charge in [-0.3, -0.25) is 9.59 Å². The smallest absolute Gasteiger partial charge is 0.306 e. The van der Waals surface area contributed by atoms with E-state index < -0.39 is 55.4 Å². The van der Waals surface area contributed by atoms with Crippen LogP contribution in [0.25, 0.3) is 0 Å². The first-order chi connectivity index (χ1) is 26.3. The van der Waals surface area contributed by atoms with Gasteiger partial charge in [0.15, 0.2) is 12.4 Å². The molecule has 0 bridgehead atoms. The van der Waals surface area contributed by atoms with Crippen molar-refractivity contribution in [2.75, 3.05) is 19.8 Å². The molecule has 1 heterocycles. The molecule has 1 aliphatic heterocycles. The summed E-state index contributed by atoms with van der Waals surface area (Å²) in [5.74, 6) is -0.881. The summed E-state index contributed by atoms with van der Waals surface area (Å²) in [4.78, 5) is 25.2. The van der Waals surface area contributed by atoms with E-state index >= 15 is 0 Å². The van der Waals surface area contributed by atoms with Gasteiger partial charge in [0.2, 0.25) is 0 Å². The molecule has 0 spiro atoms. The molecule has 6 atom stereocenters. The first kappa shape index (κ1) is 49.2. The second kappa shape index (κ2) is 34.6. The number of unbranched alkanes of at least 4 members (excludes halogenated alkanes) is 9. The molecule has 308 valence electrons. The summed E-state index contributed by atoms with van der Waals surface area (Å²) in [5, 5.41) is 40.0. The number of hydrogen-bond donors (Lipinski definition) is 4. The van der Waals surface area contributed by atoms with Crippen LogP contribution in [0.1, 0.15) is 136 Å². The Labute approximate surface area is 325 Å². The van der Waals surface area contributed by atoms with Crippen molar-refractivity contribution in [3.8, 4) is 0 Å². The van der Waals surface area contributed by atoms with Crippen molar-refractivity contribution < 1.29 is 49.0 Å². The number of allylic oxidation sites excluding steroid dienone is 12. The molecule has 4 N–H and O–H groups in total. The van der Waals surface area contributed by atoms with Gasteiger partial charge in [0.05, 0.1) is 13.2 Å². The summed E-state index contributed by atoms with van der Waals surface area (Å²) >= 11 is 0. The van der Waals surface area contributed by atoms with Gasteiger partial charge in [-0.15, -0.1) is 0 Å². The predicted octanol–water partition coefficient (Wildman–Crippen LogP) is 8.05. The van der Waals surface area contributed by atoms with Crippen molar-refractivity contribution >= 4 is 11.9 Å². The minimum absolute atomic E-state index is 0.200. The fourth-order valence-corrected chi connectivity index (χ4v) is 5.55. The summed E-state index contributed by atoms with van der Waals surface area (Å²) < 4.78 is 22.0. The Morgan fingerprint density at radius 3 is 1.69 bits per heavy atom. The van der Waals surface area contributed by atoms with Gasteiger partial charge in [0.1, 0.15) is 31.0 Å². The zero-order valence-corrected chi connectivity index (χ0v) is 33.2. The third-order valence-corrected chi connectivity index (χ3v) is 8.83.